The van der Waals surface area contributed by atoms with Crippen LogP contribution in [0.25, 0.3) is 17.2 Å². The number of rotatable bonds is 5. The minimum atomic E-state index is -5.08. The van der Waals surface area contributed by atoms with Crippen LogP contribution in [0.2, 0.25) is 0 Å². The van der Waals surface area contributed by atoms with Gasteiger partial charge in [0.05, 0.1) is 11.9 Å². The Morgan fingerprint density at radius 3 is 2.66 bits per heavy atom. The molecule has 0 radical (unpaired) electrons. The van der Waals surface area contributed by atoms with E-state index in [-0.39, 0.29) is 23.9 Å². The highest BCUT2D eigenvalue weighted by molar-refractivity contribution is 6.09. The number of fused-ring (bicyclic) bond motifs is 1. The van der Waals surface area contributed by atoms with Gasteiger partial charge in [-0.2, -0.15) is 23.4 Å². The van der Waals surface area contributed by atoms with Crippen molar-refractivity contribution in [2.45, 2.75) is 43.9 Å². The molecule has 5 N–H and O–H groups in total. The summed E-state index contributed by atoms with van der Waals surface area (Å²) in [6.45, 7) is 0. The van der Waals surface area contributed by atoms with Gasteiger partial charge in [0.2, 0.25) is 6.39 Å². The second kappa shape index (κ2) is 10.8. The Morgan fingerprint density at radius 1 is 1.26 bits per heavy atom. The number of nitrogens with two attached hydrogens (primary N) is 1. The van der Waals surface area contributed by atoms with E-state index in [0.717, 1.165) is 25.7 Å². The molecule has 4 aromatic rings. The van der Waals surface area contributed by atoms with Gasteiger partial charge in [-0.05, 0) is 18.9 Å². The molecular weight excluding hydrogens is 513 g/mol. The average Bonchev–Trinajstić information content (AvgIpc) is 3.60. The number of nitrogens with zero attached hydrogens (tertiary/aromatic N) is 7. The number of hydrogen-bond donors (Lipinski definition) is 4. The van der Waals surface area contributed by atoms with E-state index in [1.54, 1.807) is 28.6 Å². The zero-order chi connectivity index (χ0) is 27.4. The highest BCUT2D eigenvalue weighted by Crippen LogP contribution is 2.25. The Morgan fingerprint density at radius 2 is 2.00 bits per heavy atom. The van der Waals surface area contributed by atoms with Gasteiger partial charge >= 0.3 is 12.1 Å². The van der Waals surface area contributed by atoms with Crippen LogP contribution in [0.3, 0.4) is 0 Å². The number of aryl methyl sites for hydroxylation is 1. The number of hydrogen-bond acceptors (Lipinski definition) is 10. The molecule has 1 aliphatic carbocycles. The van der Waals surface area contributed by atoms with Crippen molar-refractivity contribution < 1.29 is 32.3 Å². The third-order valence-electron chi connectivity index (χ3n) is 5.65. The number of alkyl halides is 3. The van der Waals surface area contributed by atoms with Crippen LogP contribution in [0.5, 0.6) is 0 Å². The molecular formula is C21H23F3N10O4. The van der Waals surface area contributed by atoms with Crippen molar-refractivity contribution >= 4 is 29.0 Å². The Labute approximate surface area is 212 Å². The number of carboxylic acid groups (broad SMARTS) is 1. The van der Waals surface area contributed by atoms with E-state index < -0.39 is 12.1 Å². The van der Waals surface area contributed by atoms with E-state index in [1.807, 2.05) is 6.07 Å². The van der Waals surface area contributed by atoms with E-state index in [9.17, 15) is 18.0 Å². The summed E-state index contributed by atoms with van der Waals surface area (Å²) in [6, 6.07) is 2.09. The van der Waals surface area contributed by atoms with Gasteiger partial charge in [0, 0.05) is 31.5 Å². The summed E-state index contributed by atoms with van der Waals surface area (Å²) in [4.78, 5) is 26.5. The van der Waals surface area contributed by atoms with Crippen LogP contribution in [0.4, 0.5) is 24.7 Å². The number of carbonyl (C=O) groups is 2. The van der Waals surface area contributed by atoms with Gasteiger partial charge in [0.25, 0.3) is 11.8 Å². The minimum Gasteiger partial charge on any atom is -0.475 e. The molecule has 4 heterocycles. The molecule has 0 saturated heterocycles. The summed E-state index contributed by atoms with van der Waals surface area (Å²) in [5, 5.41) is 29.4. The fourth-order valence-corrected chi connectivity index (χ4v) is 3.84. The number of amides is 1. The van der Waals surface area contributed by atoms with Crippen molar-refractivity contribution in [1.82, 2.24) is 34.6 Å². The first-order chi connectivity index (χ1) is 18.0. The van der Waals surface area contributed by atoms with Gasteiger partial charge in [0.1, 0.15) is 11.4 Å². The van der Waals surface area contributed by atoms with Crippen molar-refractivity contribution in [2.75, 3.05) is 10.6 Å². The number of anilines is 2. The van der Waals surface area contributed by atoms with Crippen molar-refractivity contribution in [2.24, 2.45) is 12.8 Å². The molecule has 4 aromatic heterocycles. The maximum Gasteiger partial charge on any atom is 0.490 e. The van der Waals surface area contributed by atoms with Crippen molar-refractivity contribution in [1.29, 1.82) is 0 Å². The summed E-state index contributed by atoms with van der Waals surface area (Å²) in [6.07, 6.45) is 5.32. The molecule has 0 aromatic carbocycles. The summed E-state index contributed by atoms with van der Waals surface area (Å²) in [5.74, 6) is -2.25. The number of aliphatic carboxylic acids is 1. The molecule has 0 bridgehead atoms. The standard InChI is InChI=1S/C19H22N10O2.C2HF3O2/c1-28-9-14(16(27-28)19-26-21-10-31-19)24-18(30)11-8-22-29-7-6-15(25-17(11)29)23-13-5-3-2-4-12(13)20;3-2(4,5)1(6)7/h6-10,12-13H,2-5,20H2,1H3,(H,23,25)(H,24,30);(H,6,7)/t12-,13+;/m0./s1. The van der Waals surface area contributed by atoms with Crippen LogP contribution in [0, 0.1) is 0 Å². The maximum atomic E-state index is 13.0. The van der Waals surface area contributed by atoms with Gasteiger partial charge < -0.3 is 25.9 Å². The zero-order valence-corrected chi connectivity index (χ0v) is 19.9. The Balaban J connectivity index is 0.000000426. The number of carbonyl (C=O) groups excluding carboxylic acids is 1. The third kappa shape index (κ3) is 6.05. The molecule has 0 spiro atoms. The first kappa shape index (κ1) is 26.5. The van der Waals surface area contributed by atoms with Crippen molar-refractivity contribution in [3.8, 4) is 11.6 Å². The van der Waals surface area contributed by atoms with E-state index >= 15 is 0 Å². The fraction of sp³-hybridized carbons (Fsp3) is 0.381. The van der Waals surface area contributed by atoms with Crippen LogP contribution in [0.15, 0.2) is 35.5 Å². The first-order valence-electron chi connectivity index (χ1n) is 11.3. The number of halogens is 3. The minimum absolute atomic E-state index is 0.0909. The molecule has 1 saturated carbocycles. The highest BCUT2D eigenvalue weighted by atomic mass is 19.4. The van der Waals surface area contributed by atoms with Crippen LogP contribution < -0.4 is 16.4 Å². The van der Waals surface area contributed by atoms with Gasteiger partial charge in [-0.3, -0.25) is 9.48 Å². The monoisotopic (exact) mass is 536 g/mol. The van der Waals surface area contributed by atoms with E-state index in [2.05, 4.69) is 36.0 Å². The maximum absolute atomic E-state index is 13.0. The molecule has 17 heteroatoms. The van der Waals surface area contributed by atoms with Gasteiger partial charge in [-0.15, -0.1) is 10.2 Å². The molecule has 14 nitrogen and oxygen atoms in total. The number of nitrogens with one attached hydrogen (secondary N) is 2. The van der Waals surface area contributed by atoms with E-state index in [1.165, 1.54) is 12.6 Å². The average molecular weight is 536 g/mol. The lowest BCUT2D eigenvalue weighted by molar-refractivity contribution is -0.192. The summed E-state index contributed by atoms with van der Waals surface area (Å²) < 4.78 is 40.1. The molecule has 2 atom stereocenters. The molecule has 1 aliphatic rings. The highest BCUT2D eigenvalue weighted by Gasteiger charge is 2.38. The molecule has 202 valence electrons. The normalized spacial score (nSPS) is 17.5. The summed E-state index contributed by atoms with van der Waals surface area (Å²) in [7, 11) is 1.74. The fourth-order valence-electron chi connectivity index (χ4n) is 3.84. The molecule has 1 fully saturated rings. The molecule has 1 amide bonds. The lowest BCUT2D eigenvalue weighted by Crippen LogP contribution is -2.42. The van der Waals surface area contributed by atoms with Crippen LogP contribution >= 0.6 is 0 Å². The lowest BCUT2D eigenvalue weighted by atomic mass is 9.91. The van der Waals surface area contributed by atoms with Crippen molar-refractivity contribution in [3.05, 3.63) is 36.6 Å². The Kier molecular flexibility index (Phi) is 7.56. The Bertz CT molecular complexity index is 1420. The zero-order valence-electron chi connectivity index (χ0n) is 19.9. The summed E-state index contributed by atoms with van der Waals surface area (Å²) >= 11 is 0. The topological polar surface area (TPSA) is 191 Å². The smallest absolute Gasteiger partial charge is 0.475 e. The lowest BCUT2D eigenvalue weighted by Gasteiger charge is -2.29. The third-order valence-corrected chi connectivity index (χ3v) is 5.65. The van der Waals surface area contributed by atoms with Crippen LogP contribution in [-0.2, 0) is 11.8 Å². The van der Waals surface area contributed by atoms with Gasteiger partial charge in [0.15, 0.2) is 11.3 Å². The molecule has 5 rings (SSSR count). The van der Waals surface area contributed by atoms with Crippen molar-refractivity contribution in [3.63, 3.8) is 0 Å². The van der Waals surface area contributed by atoms with Gasteiger partial charge in [-0.25, -0.2) is 14.3 Å². The van der Waals surface area contributed by atoms with Crippen LogP contribution in [-0.4, -0.2) is 69.8 Å². The second-order valence-electron chi connectivity index (χ2n) is 8.40. The second-order valence-corrected chi connectivity index (χ2v) is 8.40. The number of aromatic nitrogens is 7. The Hall–Kier alpha value is -4.54. The van der Waals surface area contributed by atoms with E-state index in [0.29, 0.717) is 28.4 Å². The summed E-state index contributed by atoms with van der Waals surface area (Å²) in [5.41, 5.74) is 7.84. The first-order valence-corrected chi connectivity index (χ1v) is 11.3. The quantitative estimate of drug-likeness (QED) is 0.292. The number of carboxylic acids is 1. The largest absolute Gasteiger partial charge is 0.490 e. The van der Waals surface area contributed by atoms with E-state index in [4.69, 9.17) is 20.1 Å². The molecule has 0 aliphatic heterocycles. The van der Waals surface area contributed by atoms with Crippen LogP contribution in [0.1, 0.15) is 36.0 Å². The molecule has 0 unspecified atom stereocenters. The predicted octanol–water partition coefficient (Wildman–Crippen LogP) is 2.08. The SMILES string of the molecule is Cn1cc(NC(=O)c2cnn3ccc(N[C@@H]4CCCC[C@@H]4N)nc23)c(-c2nnco2)n1.O=C(O)C(F)(F)F. The predicted molar refractivity (Wildman–Crippen MR) is 125 cm³/mol. The molecule has 38 heavy (non-hydrogen) atoms. The van der Waals surface area contributed by atoms with Gasteiger partial charge in [-0.1, -0.05) is 12.8 Å².